The van der Waals surface area contributed by atoms with Crippen molar-refractivity contribution >= 4 is 11.9 Å². The van der Waals surface area contributed by atoms with Crippen LogP contribution in [0, 0.1) is 16.7 Å². The third-order valence-electron chi connectivity index (χ3n) is 9.73. The number of aliphatic hydroxyl groups is 2. The summed E-state index contributed by atoms with van der Waals surface area (Å²) in [6.45, 7) is 8.27. The molecular formula is C29H40O9. The molecule has 1 saturated carbocycles. The van der Waals surface area contributed by atoms with Crippen LogP contribution < -0.4 is 0 Å². The van der Waals surface area contributed by atoms with Crippen LogP contribution in [-0.4, -0.2) is 84.2 Å². The molecule has 10 atom stereocenters. The summed E-state index contributed by atoms with van der Waals surface area (Å²) in [4.78, 5) is 26.0. The van der Waals surface area contributed by atoms with Gasteiger partial charge in [-0.2, -0.15) is 0 Å². The second kappa shape index (κ2) is 10.2. The molecule has 0 aromatic rings. The van der Waals surface area contributed by atoms with E-state index in [1.807, 2.05) is 0 Å². The zero-order valence-corrected chi connectivity index (χ0v) is 22.6. The fourth-order valence-electron chi connectivity index (χ4n) is 7.04. The van der Waals surface area contributed by atoms with Crippen LogP contribution in [-0.2, 0) is 33.3 Å². The van der Waals surface area contributed by atoms with Gasteiger partial charge in [0.25, 0.3) is 0 Å². The molecule has 5 rings (SSSR count). The Labute approximate surface area is 223 Å². The largest absolute Gasteiger partial charge is 0.463 e. The second-order valence-electron chi connectivity index (χ2n) is 11.9. The SMILES string of the molecule is CC1=C[C@H]2O[C@@H]3C[C@H]4OC(=O)/C=C\C=C\[C@H]([C@H](C)O)OCC[C@H](C)[C@@H](O)C(=O)OC[C@@]2(CC1)[C@]4(C)[C@]31CO1. The van der Waals surface area contributed by atoms with Crippen molar-refractivity contribution < 1.29 is 43.5 Å². The molecular weight excluding hydrogens is 492 g/mol. The first-order valence-electron chi connectivity index (χ1n) is 13.7. The lowest BCUT2D eigenvalue weighted by Gasteiger charge is -2.58. The van der Waals surface area contributed by atoms with E-state index in [4.69, 9.17) is 23.7 Å². The third-order valence-corrected chi connectivity index (χ3v) is 9.73. The normalized spacial score (nSPS) is 48.0. The molecule has 9 heteroatoms. The van der Waals surface area contributed by atoms with Gasteiger partial charge in [-0.1, -0.05) is 43.7 Å². The van der Waals surface area contributed by atoms with Crippen molar-refractivity contribution in [3.8, 4) is 0 Å². The van der Waals surface area contributed by atoms with Gasteiger partial charge in [0.1, 0.15) is 24.4 Å². The Hall–Kier alpha value is -2.04. The molecule has 0 aromatic heterocycles. The molecule has 3 aliphatic heterocycles. The van der Waals surface area contributed by atoms with E-state index in [9.17, 15) is 19.8 Å². The number of epoxide rings is 1. The number of hydrogen-bond donors (Lipinski definition) is 2. The monoisotopic (exact) mass is 532 g/mol. The second-order valence-corrected chi connectivity index (χ2v) is 11.9. The quantitative estimate of drug-likeness (QED) is 0.298. The number of carbonyl (C=O) groups excluding carboxylic acids is 2. The minimum Gasteiger partial charge on any atom is -0.463 e. The molecule has 2 aliphatic carbocycles. The van der Waals surface area contributed by atoms with Gasteiger partial charge in [0.05, 0.1) is 30.3 Å². The number of aliphatic hydroxyl groups excluding tert-OH is 2. The molecule has 3 fully saturated rings. The summed E-state index contributed by atoms with van der Waals surface area (Å²) >= 11 is 0. The Kier molecular flexibility index (Phi) is 7.37. The summed E-state index contributed by atoms with van der Waals surface area (Å²) in [5, 5.41) is 20.8. The molecule has 2 saturated heterocycles. The van der Waals surface area contributed by atoms with Gasteiger partial charge in [-0.3, -0.25) is 0 Å². The van der Waals surface area contributed by atoms with E-state index in [0.29, 0.717) is 25.9 Å². The van der Waals surface area contributed by atoms with E-state index in [2.05, 4.69) is 19.9 Å². The highest BCUT2D eigenvalue weighted by molar-refractivity contribution is 5.82. The number of allylic oxidation sites excluding steroid dienone is 3. The first-order valence-corrected chi connectivity index (χ1v) is 13.7. The zero-order chi connectivity index (χ0) is 27.3. The van der Waals surface area contributed by atoms with Crippen LogP contribution in [0.5, 0.6) is 0 Å². The first kappa shape index (κ1) is 27.5. The summed E-state index contributed by atoms with van der Waals surface area (Å²) < 4.78 is 30.4. The molecule has 2 N–H and O–H groups in total. The van der Waals surface area contributed by atoms with Gasteiger partial charge in [-0.15, -0.1) is 0 Å². The number of esters is 2. The molecule has 2 bridgehead atoms. The highest BCUT2D eigenvalue weighted by Gasteiger charge is 2.83. The van der Waals surface area contributed by atoms with E-state index < -0.39 is 58.7 Å². The lowest BCUT2D eigenvalue weighted by Crippen LogP contribution is -2.66. The highest BCUT2D eigenvalue weighted by atomic mass is 16.6. The Balaban J connectivity index is 1.51. The van der Waals surface area contributed by atoms with Crippen molar-refractivity contribution in [1.29, 1.82) is 0 Å². The molecule has 9 nitrogen and oxygen atoms in total. The maximum Gasteiger partial charge on any atom is 0.335 e. The predicted octanol–water partition coefficient (Wildman–Crippen LogP) is 2.39. The van der Waals surface area contributed by atoms with Crippen molar-refractivity contribution in [3.63, 3.8) is 0 Å². The molecule has 5 aliphatic rings. The number of hydrogen-bond acceptors (Lipinski definition) is 9. The van der Waals surface area contributed by atoms with E-state index in [1.54, 1.807) is 32.1 Å². The number of ether oxygens (including phenoxy) is 5. The van der Waals surface area contributed by atoms with Gasteiger partial charge < -0.3 is 33.9 Å². The van der Waals surface area contributed by atoms with E-state index in [0.717, 1.165) is 6.42 Å². The molecule has 0 radical (unpaired) electrons. The lowest BCUT2D eigenvalue weighted by molar-refractivity contribution is -0.234. The fourth-order valence-corrected chi connectivity index (χ4v) is 7.04. The summed E-state index contributed by atoms with van der Waals surface area (Å²) in [7, 11) is 0. The molecule has 0 unspecified atom stereocenters. The molecule has 2 spiro atoms. The van der Waals surface area contributed by atoms with E-state index in [1.165, 1.54) is 11.6 Å². The third kappa shape index (κ3) is 4.36. The smallest absolute Gasteiger partial charge is 0.335 e. The van der Waals surface area contributed by atoms with Gasteiger partial charge in [0.2, 0.25) is 0 Å². The fraction of sp³-hybridized carbons (Fsp3) is 0.724. The standard InChI is InChI=1S/C29H40O9/c1-17-9-11-28-15-35-26(33)25(32)18(2)10-12-34-20(19(3)30)7-5-6-8-24(31)38-21-14-23(37-22(28)13-17)29(16-36-29)27(21,28)4/h5-8,13,18-23,25,30,32H,9-12,14-16H2,1-4H3/b7-5+,8-6-/t18-,19-,20+,21+,22+,23+,25+,27+,28+,29-/m0/s1. The molecule has 38 heavy (non-hydrogen) atoms. The van der Waals surface area contributed by atoms with Crippen molar-refractivity contribution in [3.05, 3.63) is 36.0 Å². The highest BCUT2D eigenvalue weighted by Crippen LogP contribution is 2.72. The van der Waals surface area contributed by atoms with Gasteiger partial charge in [-0.05, 0) is 39.0 Å². The van der Waals surface area contributed by atoms with Crippen LogP contribution in [0.25, 0.3) is 0 Å². The van der Waals surface area contributed by atoms with Gasteiger partial charge >= 0.3 is 11.9 Å². The predicted molar refractivity (Wildman–Crippen MR) is 136 cm³/mol. The van der Waals surface area contributed by atoms with Crippen LogP contribution >= 0.6 is 0 Å². The minimum absolute atomic E-state index is 0.0195. The van der Waals surface area contributed by atoms with Gasteiger partial charge in [0, 0.05) is 24.5 Å². The van der Waals surface area contributed by atoms with E-state index >= 15 is 0 Å². The zero-order valence-electron chi connectivity index (χ0n) is 22.6. The van der Waals surface area contributed by atoms with Crippen molar-refractivity contribution in [2.75, 3.05) is 19.8 Å². The Morgan fingerprint density at radius 2 is 1.92 bits per heavy atom. The molecule has 3 heterocycles. The topological polar surface area (TPSA) is 124 Å². The summed E-state index contributed by atoms with van der Waals surface area (Å²) in [6, 6.07) is 0. The van der Waals surface area contributed by atoms with Crippen molar-refractivity contribution in [1.82, 2.24) is 0 Å². The first-order chi connectivity index (χ1) is 18.0. The van der Waals surface area contributed by atoms with Gasteiger partial charge in [-0.25, -0.2) is 9.59 Å². The van der Waals surface area contributed by atoms with Crippen molar-refractivity contribution in [2.24, 2.45) is 16.7 Å². The van der Waals surface area contributed by atoms with Crippen LogP contribution in [0.1, 0.15) is 53.4 Å². The maximum absolute atomic E-state index is 13.1. The van der Waals surface area contributed by atoms with Crippen LogP contribution in [0.15, 0.2) is 36.0 Å². The van der Waals surface area contributed by atoms with Crippen molar-refractivity contribution in [2.45, 2.75) is 95.6 Å². The minimum atomic E-state index is -1.33. The Morgan fingerprint density at radius 3 is 2.63 bits per heavy atom. The van der Waals surface area contributed by atoms with Crippen LogP contribution in [0.3, 0.4) is 0 Å². The van der Waals surface area contributed by atoms with Gasteiger partial charge in [0.15, 0.2) is 6.10 Å². The number of carbonyl (C=O) groups is 2. The Bertz CT molecular complexity index is 1030. The number of rotatable bonds is 1. The average molecular weight is 533 g/mol. The summed E-state index contributed by atoms with van der Waals surface area (Å²) in [5.74, 6) is -1.60. The molecule has 0 aromatic carbocycles. The Morgan fingerprint density at radius 1 is 1.16 bits per heavy atom. The molecule has 0 amide bonds. The number of cyclic esters (lactones) is 1. The lowest BCUT2D eigenvalue weighted by atomic mass is 9.51. The average Bonchev–Trinajstić information content (AvgIpc) is 3.65. The molecule has 210 valence electrons. The van der Waals surface area contributed by atoms with Crippen LogP contribution in [0.4, 0.5) is 0 Å². The van der Waals surface area contributed by atoms with Crippen LogP contribution in [0.2, 0.25) is 0 Å². The summed E-state index contributed by atoms with van der Waals surface area (Å²) in [6.07, 6.45) is 6.89. The summed E-state index contributed by atoms with van der Waals surface area (Å²) in [5.41, 5.74) is -0.771. The van der Waals surface area contributed by atoms with E-state index in [-0.39, 0.29) is 25.4 Å². The maximum atomic E-state index is 13.1.